The van der Waals surface area contributed by atoms with E-state index in [9.17, 15) is 9.59 Å². The van der Waals surface area contributed by atoms with Crippen molar-refractivity contribution in [2.75, 3.05) is 7.11 Å². The third-order valence-corrected chi connectivity index (χ3v) is 4.84. The number of H-pyrrole nitrogens is 1. The molecular formula is C18H14N4O3S. The van der Waals surface area contributed by atoms with Gasteiger partial charge in [0.25, 0.3) is 5.91 Å². The Morgan fingerprint density at radius 3 is 2.77 bits per heavy atom. The molecule has 1 aromatic heterocycles. The average Bonchev–Trinajstić information content (AvgIpc) is 3.08. The number of nitrogens with zero attached hydrogens (tertiary/aromatic N) is 2. The van der Waals surface area contributed by atoms with Crippen LogP contribution in [0, 0.1) is 11.3 Å². The summed E-state index contributed by atoms with van der Waals surface area (Å²) in [5.74, 6) is -1.05. The molecule has 0 radical (unpaired) electrons. The van der Waals surface area contributed by atoms with Crippen LogP contribution in [0.2, 0.25) is 0 Å². The van der Waals surface area contributed by atoms with Gasteiger partial charge in [-0.05, 0) is 29.8 Å². The van der Waals surface area contributed by atoms with Gasteiger partial charge in [-0.15, -0.1) is 0 Å². The van der Waals surface area contributed by atoms with Gasteiger partial charge in [0.05, 0.1) is 29.8 Å². The number of hydrogen-bond acceptors (Lipinski definition) is 6. The Bertz CT molecular complexity index is 1040. The van der Waals surface area contributed by atoms with Crippen molar-refractivity contribution in [1.82, 2.24) is 9.97 Å². The fraction of sp³-hybridized carbons (Fsp3) is 0.111. The monoisotopic (exact) mass is 366 g/mol. The minimum absolute atomic E-state index is 0.298. The maximum atomic E-state index is 12.3. The van der Waals surface area contributed by atoms with Crippen LogP contribution < -0.4 is 5.73 Å². The van der Waals surface area contributed by atoms with Crippen LogP contribution in [0.1, 0.15) is 26.7 Å². The molecule has 0 aliphatic rings. The number of benzene rings is 2. The van der Waals surface area contributed by atoms with Gasteiger partial charge in [-0.25, -0.2) is 4.98 Å². The van der Waals surface area contributed by atoms with E-state index in [0.29, 0.717) is 32.9 Å². The Hall–Kier alpha value is -3.31. The number of para-hydroxylation sites is 1. The number of carbonyl (C=O) groups excluding carboxylic acids is 2. The number of nitrogens with one attached hydrogen (secondary N) is 1. The van der Waals surface area contributed by atoms with Crippen LogP contribution in [0.4, 0.5) is 0 Å². The summed E-state index contributed by atoms with van der Waals surface area (Å²) in [5, 5.41) is 8.79. The first-order valence-corrected chi connectivity index (χ1v) is 8.44. The number of nitriles is 1. The van der Waals surface area contributed by atoms with Crippen molar-refractivity contribution >= 4 is 34.7 Å². The Kier molecular flexibility index (Phi) is 4.91. The molecule has 0 fully saturated rings. The molecule has 0 saturated carbocycles. The van der Waals surface area contributed by atoms with Crippen LogP contribution >= 0.6 is 11.8 Å². The molecule has 3 aromatic rings. The third-order valence-electron chi connectivity index (χ3n) is 3.72. The molecule has 0 saturated heterocycles. The molecule has 7 nitrogen and oxygen atoms in total. The van der Waals surface area contributed by atoms with Crippen molar-refractivity contribution in [2.45, 2.75) is 10.4 Å². The van der Waals surface area contributed by atoms with Gasteiger partial charge < -0.3 is 15.5 Å². The molecule has 0 aliphatic carbocycles. The molecule has 1 atom stereocenters. The Labute approximate surface area is 153 Å². The number of aromatic nitrogens is 2. The number of amides is 1. The van der Waals surface area contributed by atoms with Crippen molar-refractivity contribution in [3.63, 3.8) is 0 Å². The van der Waals surface area contributed by atoms with Gasteiger partial charge >= 0.3 is 5.97 Å². The first-order valence-electron chi connectivity index (χ1n) is 7.56. The summed E-state index contributed by atoms with van der Waals surface area (Å²) < 4.78 is 4.89. The molecular weight excluding hydrogens is 352 g/mol. The second-order valence-electron chi connectivity index (χ2n) is 5.37. The van der Waals surface area contributed by atoms with Crippen LogP contribution in [0.25, 0.3) is 11.0 Å². The van der Waals surface area contributed by atoms with E-state index in [4.69, 9.17) is 15.7 Å². The number of thioether (sulfide) groups is 1. The fourth-order valence-corrected chi connectivity index (χ4v) is 3.52. The normalized spacial score (nSPS) is 11.7. The Morgan fingerprint density at radius 2 is 2.08 bits per heavy atom. The van der Waals surface area contributed by atoms with Crippen molar-refractivity contribution in [2.24, 2.45) is 5.73 Å². The van der Waals surface area contributed by atoms with Crippen molar-refractivity contribution in [3.05, 3.63) is 59.2 Å². The number of primary amides is 1. The predicted molar refractivity (Wildman–Crippen MR) is 96.4 cm³/mol. The summed E-state index contributed by atoms with van der Waals surface area (Å²) in [5.41, 5.74) is 7.82. The number of nitrogens with two attached hydrogens (primary N) is 1. The molecule has 3 rings (SSSR count). The lowest BCUT2D eigenvalue weighted by atomic mass is 10.1. The number of esters is 1. The van der Waals surface area contributed by atoms with Crippen molar-refractivity contribution < 1.29 is 14.3 Å². The number of rotatable bonds is 5. The van der Waals surface area contributed by atoms with Gasteiger partial charge in [0, 0.05) is 0 Å². The van der Waals surface area contributed by atoms with E-state index in [1.54, 1.807) is 42.5 Å². The summed E-state index contributed by atoms with van der Waals surface area (Å²) in [6, 6.07) is 13.8. The molecule has 1 heterocycles. The van der Waals surface area contributed by atoms with Gasteiger partial charge in [-0.1, -0.05) is 30.0 Å². The van der Waals surface area contributed by atoms with Crippen molar-refractivity contribution in [1.29, 1.82) is 5.26 Å². The number of carbonyl (C=O) groups is 2. The topological polar surface area (TPSA) is 122 Å². The number of ether oxygens (including phenoxy) is 1. The highest BCUT2D eigenvalue weighted by Crippen LogP contribution is 2.36. The number of methoxy groups -OCH3 is 1. The van der Waals surface area contributed by atoms with Gasteiger partial charge in [0.15, 0.2) is 5.16 Å². The molecule has 26 heavy (non-hydrogen) atoms. The highest BCUT2D eigenvalue weighted by molar-refractivity contribution is 8.00. The van der Waals surface area contributed by atoms with Crippen molar-refractivity contribution in [3.8, 4) is 6.07 Å². The largest absolute Gasteiger partial charge is 0.468 e. The Balaban J connectivity index is 2.01. The maximum absolute atomic E-state index is 12.3. The summed E-state index contributed by atoms with van der Waals surface area (Å²) in [7, 11) is 1.30. The number of imidazole rings is 1. The van der Waals surface area contributed by atoms with Crippen LogP contribution in [-0.2, 0) is 9.53 Å². The van der Waals surface area contributed by atoms with E-state index in [1.807, 2.05) is 6.07 Å². The molecule has 1 amide bonds. The molecule has 0 spiro atoms. The third kappa shape index (κ3) is 3.38. The lowest BCUT2D eigenvalue weighted by Crippen LogP contribution is -2.12. The summed E-state index contributed by atoms with van der Waals surface area (Å²) in [6.45, 7) is 0. The van der Waals surface area contributed by atoms with Gasteiger partial charge in [-0.2, -0.15) is 5.26 Å². The molecule has 3 N–H and O–H groups in total. The molecule has 0 aliphatic heterocycles. The smallest absolute Gasteiger partial charge is 0.323 e. The fourth-order valence-electron chi connectivity index (χ4n) is 2.51. The molecule has 1 unspecified atom stereocenters. The zero-order valence-corrected chi connectivity index (χ0v) is 14.5. The molecule has 8 heteroatoms. The quantitative estimate of drug-likeness (QED) is 0.528. The molecule has 0 bridgehead atoms. The number of aromatic amines is 1. The van der Waals surface area contributed by atoms with E-state index < -0.39 is 17.1 Å². The summed E-state index contributed by atoms with van der Waals surface area (Å²) >= 11 is 1.14. The summed E-state index contributed by atoms with van der Waals surface area (Å²) in [6.07, 6.45) is 0. The Morgan fingerprint density at radius 1 is 1.31 bits per heavy atom. The highest BCUT2D eigenvalue weighted by atomic mass is 32.2. The minimum atomic E-state index is -0.717. The second-order valence-corrected chi connectivity index (χ2v) is 6.46. The zero-order chi connectivity index (χ0) is 18.7. The summed E-state index contributed by atoms with van der Waals surface area (Å²) in [4.78, 5) is 31.3. The van der Waals surface area contributed by atoms with Crippen LogP contribution in [-0.4, -0.2) is 29.0 Å². The lowest BCUT2D eigenvalue weighted by molar-refractivity contribution is -0.140. The SMILES string of the molecule is COC(=O)C(Sc1nc2c(C(N)=O)cccc2[nH]1)c1cccc(C#N)c1. The lowest BCUT2D eigenvalue weighted by Gasteiger charge is -2.13. The van der Waals surface area contributed by atoms with E-state index in [1.165, 1.54) is 7.11 Å². The highest BCUT2D eigenvalue weighted by Gasteiger charge is 2.25. The van der Waals surface area contributed by atoms with Crippen LogP contribution in [0.15, 0.2) is 47.6 Å². The van der Waals surface area contributed by atoms with Gasteiger partial charge in [0.2, 0.25) is 0 Å². The number of fused-ring (bicyclic) bond motifs is 1. The minimum Gasteiger partial charge on any atom is -0.468 e. The van der Waals surface area contributed by atoms with E-state index in [-0.39, 0.29) is 0 Å². The molecule has 2 aromatic carbocycles. The maximum Gasteiger partial charge on any atom is 0.323 e. The van der Waals surface area contributed by atoms with E-state index in [0.717, 1.165) is 11.8 Å². The van der Waals surface area contributed by atoms with Gasteiger partial charge in [-0.3, -0.25) is 9.59 Å². The standard InChI is InChI=1S/C18H14N4O3S/c1-25-17(24)15(11-5-2-4-10(8-11)9-19)26-18-21-13-7-3-6-12(16(20)23)14(13)22-18/h2-8,15H,1H3,(H2,20,23)(H,21,22). The van der Waals surface area contributed by atoms with Crippen LogP contribution in [0.3, 0.4) is 0 Å². The second kappa shape index (κ2) is 7.29. The van der Waals surface area contributed by atoms with Gasteiger partial charge in [0.1, 0.15) is 10.8 Å². The van der Waals surface area contributed by atoms with E-state index in [2.05, 4.69) is 9.97 Å². The zero-order valence-electron chi connectivity index (χ0n) is 13.7. The average molecular weight is 366 g/mol. The first kappa shape index (κ1) is 17.5. The molecule has 130 valence electrons. The predicted octanol–water partition coefficient (Wildman–Crippen LogP) is 2.54. The first-order chi connectivity index (χ1) is 12.5. The van der Waals surface area contributed by atoms with Crippen LogP contribution in [0.5, 0.6) is 0 Å². The number of hydrogen-bond donors (Lipinski definition) is 2. The van der Waals surface area contributed by atoms with E-state index >= 15 is 0 Å².